The Hall–Kier alpha value is -2.76. The highest BCUT2D eigenvalue weighted by molar-refractivity contribution is 5.92. The fourth-order valence-electron chi connectivity index (χ4n) is 1.90. The summed E-state index contributed by atoms with van der Waals surface area (Å²) in [6.45, 7) is 1.47. The Kier molecular flexibility index (Phi) is 4.83. The molecule has 22 heavy (non-hydrogen) atoms. The van der Waals surface area contributed by atoms with Crippen LogP contribution in [0.25, 0.3) is 0 Å². The van der Waals surface area contributed by atoms with E-state index in [1.54, 1.807) is 0 Å². The lowest BCUT2D eigenvalue weighted by Crippen LogP contribution is -2.26. The van der Waals surface area contributed by atoms with Crippen molar-refractivity contribution in [2.75, 3.05) is 24.3 Å². The maximum absolute atomic E-state index is 11.4. The molecular formula is C16H20N5O+. The van der Waals surface area contributed by atoms with E-state index in [2.05, 4.69) is 15.5 Å². The van der Waals surface area contributed by atoms with Crippen LogP contribution in [-0.4, -0.2) is 20.0 Å². The van der Waals surface area contributed by atoms with Crippen molar-refractivity contribution in [3.63, 3.8) is 0 Å². The van der Waals surface area contributed by atoms with Crippen molar-refractivity contribution >= 4 is 28.8 Å². The first-order valence-corrected chi connectivity index (χ1v) is 6.93. The molecule has 0 fully saturated rings. The lowest BCUT2D eigenvalue weighted by molar-refractivity contribution is -0.658. The zero-order valence-electron chi connectivity index (χ0n) is 13.2. The van der Waals surface area contributed by atoms with Gasteiger partial charge in [0.15, 0.2) is 0 Å². The summed E-state index contributed by atoms with van der Waals surface area (Å²) in [4.78, 5) is 13.3. The molecule has 0 bridgehead atoms. The number of azo groups is 1. The monoisotopic (exact) mass is 298 g/mol. The quantitative estimate of drug-likeness (QED) is 0.697. The highest BCUT2D eigenvalue weighted by atomic mass is 16.1. The van der Waals surface area contributed by atoms with Gasteiger partial charge in [-0.25, -0.2) is 4.57 Å². The number of carbonyl (C=O) groups excluding carboxylic acids is 1. The smallest absolute Gasteiger partial charge is 0.350 e. The predicted molar refractivity (Wildman–Crippen MR) is 86.9 cm³/mol. The summed E-state index contributed by atoms with van der Waals surface area (Å²) in [6.07, 6.45) is 1.90. The number of aryl methyl sites for hydroxylation is 1. The van der Waals surface area contributed by atoms with Crippen LogP contribution < -0.4 is 14.8 Å². The summed E-state index contributed by atoms with van der Waals surface area (Å²) >= 11 is 0. The number of benzene rings is 1. The molecule has 0 unspecified atom stereocenters. The molecule has 2 aromatic rings. The molecule has 0 saturated heterocycles. The Bertz CT molecular complexity index is 709. The van der Waals surface area contributed by atoms with Gasteiger partial charge in [-0.3, -0.25) is 4.79 Å². The first-order chi connectivity index (χ1) is 10.5. The topological polar surface area (TPSA) is 60.9 Å². The van der Waals surface area contributed by atoms with Crippen molar-refractivity contribution < 1.29 is 9.36 Å². The molecule has 6 heteroatoms. The van der Waals surface area contributed by atoms with Crippen LogP contribution >= 0.6 is 0 Å². The standard InChI is InChI=1S/C16H19N5O/c1-12(22)17-15-11-13(20(2)3)8-9-14(15)18-19-16-7-5-6-10-21(16)4/h5-11H,1-4H3/p+1. The van der Waals surface area contributed by atoms with Gasteiger partial charge in [-0.15, -0.1) is 0 Å². The molecule has 1 amide bonds. The van der Waals surface area contributed by atoms with Gasteiger partial charge < -0.3 is 10.2 Å². The number of pyridine rings is 1. The molecule has 0 atom stereocenters. The minimum Gasteiger partial charge on any atom is -0.378 e. The molecule has 2 rings (SSSR count). The molecule has 1 heterocycles. The third-order valence-electron chi connectivity index (χ3n) is 3.09. The summed E-state index contributed by atoms with van der Waals surface area (Å²) in [6, 6.07) is 11.3. The lowest BCUT2D eigenvalue weighted by atomic mass is 10.2. The number of rotatable bonds is 4. The number of nitrogens with one attached hydrogen (secondary N) is 1. The van der Waals surface area contributed by atoms with Crippen molar-refractivity contribution in [2.24, 2.45) is 17.3 Å². The Labute approximate surface area is 130 Å². The molecule has 6 nitrogen and oxygen atoms in total. The second kappa shape index (κ2) is 6.80. The molecular weight excluding hydrogens is 278 g/mol. The molecule has 1 aromatic carbocycles. The van der Waals surface area contributed by atoms with Gasteiger partial charge in [-0.2, -0.15) is 0 Å². The third kappa shape index (κ3) is 3.88. The first kappa shape index (κ1) is 15.6. The fourth-order valence-corrected chi connectivity index (χ4v) is 1.90. The van der Waals surface area contributed by atoms with E-state index in [-0.39, 0.29) is 5.91 Å². The molecule has 0 aliphatic heterocycles. The number of carbonyl (C=O) groups is 1. The number of amides is 1. The molecule has 0 spiro atoms. The summed E-state index contributed by atoms with van der Waals surface area (Å²) in [5.74, 6) is 0.589. The largest absolute Gasteiger partial charge is 0.378 e. The summed E-state index contributed by atoms with van der Waals surface area (Å²) < 4.78 is 1.87. The van der Waals surface area contributed by atoms with E-state index >= 15 is 0 Å². The molecule has 114 valence electrons. The normalized spacial score (nSPS) is 10.7. The van der Waals surface area contributed by atoms with Crippen LogP contribution in [0.2, 0.25) is 0 Å². The molecule has 0 radical (unpaired) electrons. The van der Waals surface area contributed by atoms with Crippen LogP contribution in [0.15, 0.2) is 52.8 Å². The molecule has 0 aliphatic rings. The minimum absolute atomic E-state index is 0.141. The average molecular weight is 298 g/mol. The van der Waals surface area contributed by atoms with Gasteiger partial charge >= 0.3 is 5.82 Å². The van der Waals surface area contributed by atoms with Gasteiger partial charge in [0.1, 0.15) is 5.69 Å². The van der Waals surface area contributed by atoms with E-state index in [0.29, 0.717) is 11.4 Å². The van der Waals surface area contributed by atoms with E-state index in [1.807, 2.05) is 73.2 Å². The fraction of sp³-hybridized carbons (Fsp3) is 0.250. The highest BCUT2D eigenvalue weighted by Gasteiger charge is 2.10. The van der Waals surface area contributed by atoms with Crippen LogP contribution in [0, 0.1) is 0 Å². The van der Waals surface area contributed by atoms with Gasteiger partial charge in [-0.05, 0) is 29.4 Å². The second-order valence-electron chi connectivity index (χ2n) is 5.15. The number of anilines is 2. The zero-order valence-corrected chi connectivity index (χ0v) is 13.2. The third-order valence-corrected chi connectivity index (χ3v) is 3.09. The second-order valence-corrected chi connectivity index (χ2v) is 5.15. The maximum atomic E-state index is 11.4. The van der Waals surface area contributed by atoms with Crippen molar-refractivity contribution in [3.05, 3.63) is 42.6 Å². The lowest BCUT2D eigenvalue weighted by Gasteiger charge is -2.14. The highest BCUT2D eigenvalue weighted by Crippen LogP contribution is 2.30. The number of nitrogens with zero attached hydrogens (tertiary/aromatic N) is 4. The minimum atomic E-state index is -0.141. The Morgan fingerprint density at radius 2 is 1.95 bits per heavy atom. The van der Waals surface area contributed by atoms with Crippen molar-refractivity contribution in [2.45, 2.75) is 6.92 Å². The van der Waals surface area contributed by atoms with Crippen LogP contribution in [0.5, 0.6) is 0 Å². The molecule has 0 saturated carbocycles. The molecule has 1 N–H and O–H groups in total. The van der Waals surface area contributed by atoms with Gasteiger partial charge in [0, 0.05) is 32.8 Å². The maximum Gasteiger partial charge on any atom is 0.350 e. The van der Waals surface area contributed by atoms with E-state index in [4.69, 9.17) is 0 Å². The van der Waals surface area contributed by atoms with Gasteiger partial charge in [0.2, 0.25) is 5.91 Å². The van der Waals surface area contributed by atoms with Crippen LogP contribution in [0.4, 0.5) is 22.9 Å². The summed E-state index contributed by atoms with van der Waals surface area (Å²) in [5, 5.41) is 11.3. The van der Waals surface area contributed by atoms with E-state index in [9.17, 15) is 4.79 Å². The predicted octanol–water partition coefficient (Wildman–Crippen LogP) is 2.95. The summed E-state index contributed by atoms with van der Waals surface area (Å²) in [5.41, 5.74) is 2.23. The number of hydrogen-bond acceptors (Lipinski definition) is 4. The van der Waals surface area contributed by atoms with Crippen LogP contribution in [0.3, 0.4) is 0 Å². The Morgan fingerprint density at radius 3 is 2.59 bits per heavy atom. The van der Waals surface area contributed by atoms with E-state index in [0.717, 1.165) is 11.5 Å². The summed E-state index contributed by atoms with van der Waals surface area (Å²) in [7, 11) is 5.79. The SMILES string of the molecule is CC(=O)Nc1cc(N(C)C)ccc1N=Nc1cccc[n+]1C. The van der Waals surface area contributed by atoms with Crippen LogP contribution in [-0.2, 0) is 11.8 Å². The first-order valence-electron chi connectivity index (χ1n) is 6.93. The van der Waals surface area contributed by atoms with Crippen molar-refractivity contribution in [3.8, 4) is 0 Å². The van der Waals surface area contributed by atoms with Gasteiger partial charge in [0.25, 0.3) is 0 Å². The zero-order chi connectivity index (χ0) is 16.1. The van der Waals surface area contributed by atoms with E-state index in [1.165, 1.54) is 6.92 Å². The Balaban J connectivity index is 2.37. The van der Waals surface area contributed by atoms with Gasteiger partial charge in [0.05, 0.1) is 24.0 Å². The van der Waals surface area contributed by atoms with E-state index < -0.39 is 0 Å². The molecule has 1 aromatic heterocycles. The Morgan fingerprint density at radius 1 is 1.18 bits per heavy atom. The van der Waals surface area contributed by atoms with Crippen molar-refractivity contribution in [1.29, 1.82) is 0 Å². The van der Waals surface area contributed by atoms with Gasteiger partial charge in [-0.1, -0.05) is 6.07 Å². The number of aromatic nitrogens is 1. The molecule has 0 aliphatic carbocycles. The average Bonchev–Trinajstić information content (AvgIpc) is 2.46. The van der Waals surface area contributed by atoms with Crippen LogP contribution in [0.1, 0.15) is 6.92 Å². The van der Waals surface area contributed by atoms with Crippen molar-refractivity contribution in [1.82, 2.24) is 0 Å². The number of hydrogen-bond donors (Lipinski definition) is 1.